The summed E-state index contributed by atoms with van der Waals surface area (Å²) in [4.78, 5) is 23.0. The molecule has 0 atom stereocenters. The lowest BCUT2D eigenvalue weighted by molar-refractivity contribution is -0.141. The van der Waals surface area contributed by atoms with Crippen molar-refractivity contribution in [2.24, 2.45) is 0 Å². The molecule has 1 aromatic heterocycles. The second-order valence-corrected chi connectivity index (χ2v) is 4.22. The maximum atomic E-state index is 11.8. The highest BCUT2D eigenvalue weighted by atomic mass is 16.5. The van der Waals surface area contributed by atoms with Gasteiger partial charge in [0.05, 0.1) is 12.3 Å². The molecule has 1 heterocycles. The van der Waals surface area contributed by atoms with E-state index in [1.54, 1.807) is 48.1 Å². The number of anilines is 1. The zero-order chi connectivity index (χ0) is 15.2. The lowest BCUT2D eigenvalue weighted by atomic mass is 10.3. The van der Waals surface area contributed by atoms with E-state index in [-0.39, 0.29) is 18.8 Å². The van der Waals surface area contributed by atoms with Crippen LogP contribution in [0.3, 0.4) is 0 Å². The molecule has 7 heteroatoms. The monoisotopic (exact) mass is 288 g/mol. The molecule has 2 rings (SSSR count). The van der Waals surface area contributed by atoms with E-state index in [9.17, 15) is 9.59 Å². The first kappa shape index (κ1) is 14.6. The molecule has 7 nitrogen and oxygen atoms in total. The van der Waals surface area contributed by atoms with E-state index in [4.69, 9.17) is 10.5 Å². The first-order valence-electron chi connectivity index (χ1n) is 6.45. The van der Waals surface area contributed by atoms with Gasteiger partial charge in [-0.05, 0) is 37.3 Å². The molecule has 2 aromatic rings. The Morgan fingerprint density at radius 1 is 1.29 bits per heavy atom. The number of carbonyl (C=O) groups excluding carboxylic acids is 2. The fourth-order valence-electron chi connectivity index (χ4n) is 1.67. The lowest BCUT2D eigenvalue weighted by Gasteiger charge is -2.03. The summed E-state index contributed by atoms with van der Waals surface area (Å²) in [6.07, 6.45) is 1.66. The number of esters is 1. The van der Waals surface area contributed by atoms with Crippen LogP contribution >= 0.6 is 0 Å². The van der Waals surface area contributed by atoms with Crippen LogP contribution in [0, 0.1) is 0 Å². The minimum Gasteiger partial charge on any atom is -0.465 e. The van der Waals surface area contributed by atoms with Gasteiger partial charge in [0.15, 0.2) is 5.69 Å². The predicted octanol–water partition coefficient (Wildman–Crippen LogP) is 0.747. The molecule has 0 saturated heterocycles. The molecule has 1 aromatic carbocycles. The Kier molecular flexibility index (Phi) is 4.55. The average molecular weight is 288 g/mol. The molecular weight excluding hydrogens is 272 g/mol. The summed E-state index contributed by atoms with van der Waals surface area (Å²) in [6.45, 7) is 1.80. The van der Waals surface area contributed by atoms with Gasteiger partial charge in [0.1, 0.15) is 6.54 Å². The molecule has 0 bridgehead atoms. The van der Waals surface area contributed by atoms with E-state index < -0.39 is 11.9 Å². The molecule has 3 N–H and O–H groups in total. The predicted molar refractivity (Wildman–Crippen MR) is 76.9 cm³/mol. The maximum absolute atomic E-state index is 11.8. The maximum Gasteiger partial charge on any atom is 0.325 e. The normalized spacial score (nSPS) is 10.1. The van der Waals surface area contributed by atoms with Crippen molar-refractivity contribution in [3.8, 4) is 5.69 Å². The summed E-state index contributed by atoms with van der Waals surface area (Å²) in [5.74, 6) is -0.916. The number of ether oxygens (including phenoxy) is 1. The van der Waals surface area contributed by atoms with Crippen molar-refractivity contribution in [3.05, 3.63) is 42.2 Å². The molecule has 0 unspecified atom stereocenters. The van der Waals surface area contributed by atoms with Gasteiger partial charge in [-0.25, -0.2) is 4.68 Å². The summed E-state index contributed by atoms with van der Waals surface area (Å²) < 4.78 is 6.28. The van der Waals surface area contributed by atoms with Gasteiger partial charge in [-0.3, -0.25) is 9.59 Å². The Bertz CT molecular complexity index is 634. The number of nitrogens with two attached hydrogens (primary N) is 1. The Hall–Kier alpha value is -2.83. The van der Waals surface area contributed by atoms with Crippen LogP contribution in [0.1, 0.15) is 17.4 Å². The zero-order valence-electron chi connectivity index (χ0n) is 11.6. The van der Waals surface area contributed by atoms with Crippen molar-refractivity contribution < 1.29 is 14.3 Å². The van der Waals surface area contributed by atoms with Crippen LogP contribution in [0.4, 0.5) is 5.69 Å². The zero-order valence-corrected chi connectivity index (χ0v) is 11.6. The highest BCUT2D eigenvalue weighted by molar-refractivity contribution is 5.94. The lowest BCUT2D eigenvalue weighted by Crippen LogP contribution is -2.30. The third-order valence-electron chi connectivity index (χ3n) is 2.68. The van der Waals surface area contributed by atoms with Crippen LogP contribution in [0.2, 0.25) is 0 Å². The molecule has 0 aliphatic heterocycles. The van der Waals surface area contributed by atoms with E-state index in [2.05, 4.69) is 10.4 Å². The second kappa shape index (κ2) is 6.56. The van der Waals surface area contributed by atoms with Crippen LogP contribution in [-0.4, -0.2) is 34.8 Å². The van der Waals surface area contributed by atoms with Crippen molar-refractivity contribution in [2.75, 3.05) is 18.9 Å². The van der Waals surface area contributed by atoms with E-state index in [1.807, 2.05) is 0 Å². The first-order chi connectivity index (χ1) is 10.1. The number of aromatic nitrogens is 2. The number of hydrogen-bond donors (Lipinski definition) is 2. The third kappa shape index (κ3) is 3.82. The Morgan fingerprint density at radius 3 is 2.67 bits per heavy atom. The minimum absolute atomic E-state index is 0.179. The highest BCUT2D eigenvalue weighted by Crippen LogP contribution is 2.10. The van der Waals surface area contributed by atoms with Crippen molar-refractivity contribution in [2.45, 2.75) is 6.92 Å². The number of hydrogen-bond acceptors (Lipinski definition) is 5. The Balaban J connectivity index is 2.00. The molecule has 0 aliphatic carbocycles. The van der Waals surface area contributed by atoms with Crippen LogP contribution < -0.4 is 11.1 Å². The molecule has 110 valence electrons. The minimum atomic E-state index is -0.483. The molecule has 0 aliphatic rings. The quantitative estimate of drug-likeness (QED) is 0.624. The van der Waals surface area contributed by atoms with Crippen molar-refractivity contribution in [1.29, 1.82) is 0 Å². The smallest absolute Gasteiger partial charge is 0.325 e. The average Bonchev–Trinajstić information content (AvgIpc) is 2.96. The number of benzene rings is 1. The van der Waals surface area contributed by atoms with Crippen LogP contribution in [0.25, 0.3) is 5.69 Å². The van der Waals surface area contributed by atoms with Gasteiger partial charge in [0, 0.05) is 11.9 Å². The van der Waals surface area contributed by atoms with E-state index in [1.165, 1.54) is 0 Å². The second-order valence-electron chi connectivity index (χ2n) is 4.22. The van der Waals surface area contributed by atoms with E-state index >= 15 is 0 Å². The first-order valence-corrected chi connectivity index (χ1v) is 6.45. The molecule has 1 amide bonds. The van der Waals surface area contributed by atoms with Crippen molar-refractivity contribution >= 4 is 17.6 Å². The van der Waals surface area contributed by atoms with Crippen molar-refractivity contribution in [3.63, 3.8) is 0 Å². The van der Waals surface area contributed by atoms with Crippen LogP contribution in [-0.2, 0) is 9.53 Å². The van der Waals surface area contributed by atoms with E-state index in [0.717, 1.165) is 5.69 Å². The summed E-state index contributed by atoms with van der Waals surface area (Å²) in [5.41, 5.74) is 7.27. The number of nitrogens with one attached hydrogen (secondary N) is 1. The van der Waals surface area contributed by atoms with Gasteiger partial charge in [-0.2, -0.15) is 5.10 Å². The van der Waals surface area contributed by atoms with Crippen LogP contribution in [0.5, 0.6) is 0 Å². The van der Waals surface area contributed by atoms with Gasteiger partial charge < -0.3 is 15.8 Å². The summed E-state index contributed by atoms with van der Waals surface area (Å²) in [7, 11) is 0. The summed E-state index contributed by atoms with van der Waals surface area (Å²) >= 11 is 0. The van der Waals surface area contributed by atoms with Gasteiger partial charge in [-0.1, -0.05) is 0 Å². The van der Waals surface area contributed by atoms with Crippen LogP contribution in [0.15, 0.2) is 36.5 Å². The number of carbonyl (C=O) groups is 2. The fourth-order valence-corrected chi connectivity index (χ4v) is 1.67. The van der Waals surface area contributed by atoms with Gasteiger partial charge >= 0.3 is 5.97 Å². The molecule has 0 saturated carbocycles. The number of amides is 1. The van der Waals surface area contributed by atoms with E-state index in [0.29, 0.717) is 5.69 Å². The van der Waals surface area contributed by atoms with Gasteiger partial charge in [0.25, 0.3) is 5.91 Å². The van der Waals surface area contributed by atoms with Gasteiger partial charge in [0.2, 0.25) is 0 Å². The third-order valence-corrected chi connectivity index (χ3v) is 2.68. The Labute approximate surface area is 121 Å². The number of rotatable bonds is 5. The summed E-state index contributed by atoms with van der Waals surface area (Å²) in [5, 5.41) is 6.59. The Morgan fingerprint density at radius 2 is 2.00 bits per heavy atom. The van der Waals surface area contributed by atoms with Gasteiger partial charge in [-0.15, -0.1) is 0 Å². The SMILES string of the molecule is CCOC(=O)CNC(=O)c1ccn(-c2ccc(N)cc2)n1. The molecular formula is C14H16N4O3. The largest absolute Gasteiger partial charge is 0.465 e. The number of nitrogens with zero attached hydrogens (tertiary/aromatic N) is 2. The molecule has 21 heavy (non-hydrogen) atoms. The summed E-state index contributed by atoms with van der Waals surface area (Å²) in [6, 6.07) is 8.65. The highest BCUT2D eigenvalue weighted by Gasteiger charge is 2.11. The number of nitrogen functional groups attached to an aromatic ring is 1. The topological polar surface area (TPSA) is 99.2 Å². The standard InChI is InChI=1S/C14H16N4O3/c1-2-21-13(19)9-16-14(20)12-7-8-18(17-12)11-5-3-10(15)4-6-11/h3-8H,2,9,15H2,1H3,(H,16,20). The fraction of sp³-hybridized carbons (Fsp3) is 0.214. The molecule has 0 spiro atoms. The van der Waals surface area contributed by atoms with Crippen molar-refractivity contribution in [1.82, 2.24) is 15.1 Å². The molecule has 0 fully saturated rings. The molecule has 0 radical (unpaired) electrons.